The fourth-order valence-corrected chi connectivity index (χ4v) is 2.76. The number of anilines is 1. The number of carbonyl (C=O) groups excluding carboxylic acids is 1. The minimum Gasteiger partial charge on any atom is -0.490 e. The van der Waals surface area contributed by atoms with Crippen molar-refractivity contribution in [3.05, 3.63) is 57.0 Å². The van der Waals surface area contributed by atoms with E-state index in [9.17, 15) is 10.1 Å². The molecule has 0 atom stereocenters. The summed E-state index contributed by atoms with van der Waals surface area (Å²) >= 11 is 9.25. The summed E-state index contributed by atoms with van der Waals surface area (Å²) in [5, 5.41) is 12.6. The van der Waals surface area contributed by atoms with Crippen molar-refractivity contribution < 1.29 is 14.3 Å². The van der Waals surface area contributed by atoms with Gasteiger partial charge in [0.1, 0.15) is 18.2 Å². The molecular weight excluding hydrogens is 444 g/mol. The standard InChI is InChI=1S/C21H16BrClN2O3/c1-3-9-28-20-12-18(22)14(11-19(20)27-4-2)10-15(13-24)21(26)25-17-7-5-16(23)6-8-17/h1,5-8,10-12H,4,9H2,2H3,(H,25,26)/b15-10+. The molecule has 1 amide bonds. The van der Waals surface area contributed by atoms with Crippen molar-refractivity contribution >= 4 is 45.2 Å². The molecule has 2 aromatic rings. The van der Waals surface area contributed by atoms with Crippen LogP contribution < -0.4 is 14.8 Å². The lowest BCUT2D eigenvalue weighted by atomic mass is 10.1. The third-order valence-corrected chi connectivity index (χ3v) is 4.38. The van der Waals surface area contributed by atoms with Gasteiger partial charge in [-0.25, -0.2) is 0 Å². The van der Waals surface area contributed by atoms with Crippen LogP contribution in [-0.4, -0.2) is 19.1 Å². The van der Waals surface area contributed by atoms with Gasteiger partial charge >= 0.3 is 0 Å². The van der Waals surface area contributed by atoms with Gasteiger partial charge in [0.25, 0.3) is 5.91 Å². The van der Waals surface area contributed by atoms with Gasteiger partial charge in [0.05, 0.1) is 6.61 Å². The maximum atomic E-state index is 12.4. The Hall–Kier alpha value is -2.93. The van der Waals surface area contributed by atoms with Crippen LogP contribution in [0.15, 0.2) is 46.4 Å². The zero-order chi connectivity index (χ0) is 20.5. The molecule has 1 N–H and O–H groups in total. The molecule has 0 bridgehead atoms. The lowest BCUT2D eigenvalue weighted by molar-refractivity contribution is -0.112. The highest BCUT2D eigenvalue weighted by atomic mass is 79.9. The topological polar surface area (TPSA) is 71.3 Å². The molecular formula is C21H16BrClN2O3. The van der Waals surface area contributed by atoms with Gasteiger partial charge in [-0.2, -0.15) is 5.26 Å². The smallest absolute Gasteiger partial charge is 0.266 e. The number of terminal acetylenes is 1. The van der Waals surface area contributed by atoms with E-state index in [1.165, 1.54) is 6.08 Å². The average Bonchev–Trinajstić information content (AvgIpc) is 2.68. The zero-order valence-corrected chi connectivity index (χ0v) is 17.3. The summed E-state index contributed by atoms with van der Waals surface area (Å²) in [4.78, 5) is 12.4. The van der Waals surface area contributed by atoms with Crippen LogP contribution in [0.5, 0.6) is 11.5 Å². The number of ether oxygens (including phenoxy) is 2. The van der Waals surface area contributed by atoms with Gasteiger partial charge < -0.3 is 14.8 Å². The third-order valence-electron chi connectivity index (χ3n) is 3.44. The summed E-state index contributed by atoms with van der Waals surface area (Å²) in [6, 6.07) is 11.9. The summed E-state index contributed by atoms with van der Waals surface area (Å²) in [6.07, 6.45) is 6.69. The largest absolute Gasteiger partial charge is 0.490 e. The van der Waals surface area contributed by atoms with Gasteiger partial charge in [-0.05, 0) is 55.0 Å². The minimum absolute atomic E-state index is 0.0737. The predicted molar refractivity (Wildman–Crippen MR) is 113 cm³/mol. The molecule has 0 aromatic heterocycles. The van der Waals surface area contributed by atoms with E-state index in [-0.39, 0.29) is 12.2 Å². The van der Waals surface area contributed by atoms with E-state index in [2.05, 4.69) is 27.2 Å². The highest BCUT2D eigenvalue weighted by Crippen LogP contribution is 2.35. The van der Waals surface area contributed by atoms with Crippen LogP contribution in [0.3, 0.4) is 0 Å². The summed E-state index contributed by atoms with van der Waals surface area (Å²) in [5.41, 5.74) is 1.04. The second-order valence-electron chi connectivity index (χ2n) is 5.38. The summed E-state index contributed by atoms with van der Waals surface area (Å²) in [5.74, 6) is 2.78. The molecule has 0 heterocycles. The molecule has 142 valence electrons. The summed E-state index contributed by atoms with van der Waals surface area (Å²) in [6.45, 7) is 2.34. The first-order valence-corrected chi connectivity index (χ1v) is 9.37. The second kappa shape index (κ2) is 10.4. The van der Waals surface area contributed by atoms with E-state index in [1.54, 1.807) is 36.4 Å². The van der Waals surface area contributed by atoms with Crippen molar-refractivity contribution in [2.75, 3.05) is 18.5 Å². The van der Waals surface area contributed by atoms with Gasteiger partial charge in [0.15, 0.2) is 11.5 Å². The van der Waals surface area contributed by atoms with Gasteiger partial charge in [0, 0.05) is 15.2 Å². The number of carbonyl (C=O) groups is 1. The molecule has 7 heteroatoms. The third kappa shape index (κ3) is 5.79. The lowest BCUT2D eigenvalue weighted by Gasteiger charge is -2.13. The maximum Gasteiger partial charge on any atom is 0.266 e. The first kappa shape index (κ1) is 21.4. The molecule has 28 heavy (non-hydrogen) atoms. The molecule has 0 aliphatic carbocycles. The quantitative estimate of drug-likeness (QED) is 0.357. The lowest BCUT2D eigenvalue weighted by Crippen LogP contribution is -2.13. The average molecular weight is 460 g/mol. The van der Waals surface area contributed by atoms with Gasteiger partial charge in [-0.3, -0.25) is 4.79 Å². The van der Waals surface area contributed by atoms with Crippen molar-refractivity contribution in [1.82, 2.24) is 0 Å². The number of nitrogens with zero attached hydrogens (tertiary/aromatic N) is 1. The Balaban J connectivity index is 2.32. The Labute approximate surface area is 177 Å². The molecule has 0 fully saturated rings. The van der Waals surface area contributed by atoms with E-state index in [0.717, 1.165) is 0 Å². The van der Waals surface area contributed by atoms with E-state index in [1.807, 2.05) is 13.0 Å². The van der Waals surface area contributed by atoms with Gasteiger partial charge in [-0.15, -0.1) is 6.42 Å². The number of hydrogen-bond donors (Lipinski definition) is 1. The predicted octanol–water partition coefficient (Wildman–Crippen LogP) is 5.06. The number of amides is 1. The second-order valence-corrected chi connectivity index (χ2v) is 6.67. The minimum atomic E-state index is -0.539. The molecule has 0 aliphatic heterocycles. The van der Waals surface area contributed by atoms with Crippen LogP contribution in [0, 0.1) is 23.7 Å². The normalized spacial score (nSPS) is 10.5. The van der Waals surface area contributed by atoms with E-state index < -0.39 is 5.91 Å². The number of halogens is 2. The van der Waals surface area contributed by atoms with Crippen LogP contribution in [0.25, 0.3) is 6.08 Å². The molecule has 0 saturated heterocycles. The molecule has 0 unspecified atom stereocenters. The first-order chi connectivity index (χ1) is 13.5. The highest BCUT2D eigenvalue weighted by Gasteiger charge is 2.14. The SMILES string of the molecule is C#CCOc1cc(Br)c(/C=C(\C#N)C(=O)Nc2ccc(Cl)cc2)cc1OCC. The first-order valence-electron chi connectivity index (χ1n) is 8.19. The highest BCUT2D eigenvalue weighted by molar-refractivity contribution is 9.10. The monoisotopic (exact) mass is 458 g/mol. The maximum absolute atomic E-state index is 12.4. The number of rotatable bonds is 7. The number of nitrogens with one attached hydrogen (secondary N) is 1. The Morgan fingerprint density at radius 1 is 1.29 bits per heavy atom. The molecule has 0 radical (unpaired) electrons. The van der Waals surface area contributed by atoms with Crippen LogP contribution >= 0.6 is 27.5 Å². The van der Waals surface area contributed by atoms with Gasteiger partial charge in [-0.1, -0.05) is 33.5 Å². The van der Waals surface area contributed by atoms with Crippen molar-refractivity contribution in [2.24, 2.45) is 0 Å². The van der Waals surface area contributed by atoms with E-state index in [0.29, 0.717) is 38.9 Å². The molecule has 0 spiro atoms. The van der Waals surface area contributed by atoms with Crippen molar-refractivity contribution in [3.8, 4) is 29.9 Å². The summed E-state index contributed by atoms with van der Waals surface area (Å²) in [7, 11) is 0. The Bertz CT molecular complexity index is 973. The summed E-state index contributed by atoms with van der Waals surface area (Å²) < 4.78 is 11.7. The number of nitriles is 1. The molecule has 0 saturated carbocycles. The molecule has 5 nitrogen and oxygen atoms in total. The van der Waals surface area contributed by atoms with Crippen molar-refractivity contribution in [3.63, 3.8) is 0 Å². The zero-order valence-electron chi connectivity index (χ0n) is 15.0. The Morgan fingerprint density at radius 3 is 2.57 bits per heavy atom. The van der Waals surface area contributed by atoms with Crippen LogP contribution in [0.1, 0.15) is 12.5 Å². The molecule has 2 rings (SSSR count). The van der Waals surface area contributed by atoms with Crippen LogP contribution in [0.4, 0.5) is 5.69 Å². The van der Waals surface area contributed by atoms with Gasteiger partial charge in [0.2, 0.25) is 0 Å². The fraction of sp³-hybridized carbons (Fsp3) is 0.143. The van der Waals surface area contributed by atoms with Crippen molar-refractivity contribution in [1.29, 1.82) is 5.26 Å². The Morgan fingerprint density at radius 2 is 1.96 bits per heavy atom. The molecule has 2 aromatic carbocycles. The Kier molecular flexibility index (Phi) is 7.95. The van der Waals surface area contributed by atoms with E-state index >= 15 is 0 Å². The fourth-order valence-electron chi connectivity index (χ4n) is 2.20. The molecule has 0 aliphatic rings. The van der Waals surface area contributed by atoms with E-state index in [4.69, 9.17) is 27.5 Å². The number of benzene rings is 2. The van der Waals surface area contributed by atoms with Crippen LogP contribution in [0.2, 0.25) is 5.02 Å². The van der Waals surface area contributed by atoms with Crippen LogP contribution in [-0.2, 0) is 4.79 Å². The van der Waals surface area contributed by atoms with Crippen molar-refractivity contribution in [2.45, 2.75) is 6.92 Å². The number of hydrogen-bond acceptors (Lipinski definition) is 4.